The summed E-state index contributed by atoms with van der Waals surface area (Å²) in [7, 11) is 1.67. The predicted molar refractivity (Wildman–Crippen MR) is 130 cm³/mol. The Kier molecular flexibility index (Phi) is 22.5. The Bertz CT molecular complexity index is 744. The summed E-state index contributed by atoms with van der Waals surface area (Å²) in [6, 6.07) is 6.98. The van der Waals surface area contributed by atoms with Gasteiger partial charge in [-0.25, -0.2) is 0 Å². The van der Waals surface area contributed by atoms with Crippen LogP contribution in [0.1, 0.15) is 17.2 Å². The number of rotatable bonds is 10. The first kappa shape index (κ1) is 32.7. The number of aliphatic carboxylic acids is 2. The Balaban J connectivity index is 0. The number of carboxylic acids is 2. The van der Waals surface area contributed by atoms with Gasteiger partial charge in [-0.15, -0.1) is 0 Å². The van der Waals surface area contributed by atoms with Crippen LogP contribution >= 0.6 is 45.5 Å². The van der Waals surface area contributed by atoms with Crippen molar-refractivity contribution in [1.29, 1.82) is 5.26 Å². The predicted octanol–water partition coefficient (Wildman–Crippen LogP) is -1.69. The molecule has 0 saturated heterocycles. The van der Waals surface area contributed by atoms with Gasteiger partial charge in [0.2, 0.25) is 0 Å². The van der Waals surface area contributed by atoms with E-state index < -0.39 is 24.0 Å². The van der Waals surface area contributed by atoms with E-state index in [-0.39, 0.29) is 28.1 Å². The molecule has 2 aromatic heterocycles. The second-order valence-electron chi connectivity index (χ2n) is 5.30. The fraction of sp³-hybridized carbons (Fsp3) is 0.389. The summed E-state index contributed by atoms with van der Waals surface area (Å²) in [6.07, 6.45) is 0. The zero-order chi connectivity index (χ0) is 22.8. The van der Waals surface area contributed by atoms with Gasteiger partial charge < -0.3 is 15.6 Å². The van der Waals surface area contributed by atoms with Crippen molar-refractivity contribution in [3.05, 3.63) is 44.8 Å². The fourth-order valence-corrected chi connectivity index (χ4v) is 8.77. The molecule has 0 radical (unpaired) electrons. The van der Waals surface area contributed by atoms with E-state index in [9.17, 15) is 19.8 Å². The standard InChI is InChI=1S/C8H11NO2S2Se.C6H5NSSe.C3H7NO2S.CH4/c9-7(8(10)11)4-13-14-5-6-2-1-3-12-6;7-5-9-4-6-2-1-3-8-6;4-2(1-7)3(5)6;/h1-3,7H,4-5,9H2,(H,10,11);1-3H,4H2;2,7H,1,4H2,(H,5,6);1H4. The Morgan fingerprint density at radius 1 is 1.10 bits per heavy atom. The van der Waals surface area contributed by atoms with Crippen molar-refractivity contribution in [3.63, 3.8) is 0 Å². The van der Waals surface area contributed by atoms with Crippen LogP contribution in [-0.2, 0) is 20.2 Å². The molecule has 0 amide bonds. The summed E-state index contributed by atoms with van der Waals surface area (Å²) in [5.41, 5.74) is 6.72. The molecule has 0 bridgehead atoms. The van der Waals surface area contributed by atoms with Crippen molar-refractivity contribution in [3.8, 4) is 4.97 Å². The minimum atomic E-state index is -1.14. The summed E-state index contributed by atoms with van der Waals surface area (Å²) < 4.78 is 0. The van der Waals surface area contributed by atoms with Gasteiger partial charge >= 0.3 is 161 Å². The molecule has 6 N–H and O–H groups in total. The van der Waals surface area contributed by atoms with Gasteiger partial charge in [-0.3, -0.25) is 0 Å². The van der Waals surface area contributed by atoms with Crippen molar-refractivity contribution in [2.75, 3.05) is 11.5 Å². The molecule has 0 spiro atoms. The summed E-state index contributed by atoms with van der Waals surface area (Å²) >= 11 is 7.72. The van der Waals surface area contributed by atoms with E-state index in [2.05, 4.69) is 46.6 Å². The zero-order valence-corrected chi connectivity index (χ0v) is 22.7. The number of nitriles is 1. The Morgan fingerprint density at radius 3 is 1.97 bits per heavy atom. The molecule has 174 valence electrons. The third-order valence-corrected chi connectivity index (χ3v) is 11.2. The molecule has 2 rings (SSSR count). The third kappa shape index (κ3) is 18.7. The molecule has 0 aromatic carbocycles. The molecule has 2 aromatic rings. The molecule has 2 unspecified atom stereocenters. The number of thiol groups is 1. The molecule has 0 fully saturated rings. The monoisotopic (exact) mass is 637 g/mol. The molecule has 0 aliphatic rings. The van der Waals surface area contributed by atoms with Gasteiger partial charge in [0.15, 0.2) is 0 Å². The van der Waals surface area contributed by atoms with Gasteiger partial charge in [-0.2, -0.15) is 12.6 Å². The number of carbonyl (C=O) groups excluding carboxylic acids is 2. The van der Waals surface area contributed by atoms with Crippen LogP contribution in [0.3, 0.4) is 0 Å². The normalized spacial score (nSPS) is 11.3. The van der Waals surface area contributed by atoms with Gasteiger partial charge in [0.1, 0.15) is 6.04 Å². The van der Waals surface area contributed by atoms with E-state index in [4.69, 9.17) is 5.26 Å². The molecular weight excluding hydrogens is 608 g/mol. The van der Waals surface area contributed by atoms with E-state index >= 15 is 0 Å². The van der Waals surface area contributed by atoms with E-state index in [0.29, 0.717) is 19.6 Å². The maximum atomic E-state index is 10.3. The second kappa shape index (κ2) is 21.3. The van der Waals surface area contributed by atoms with Crippen LogP contribution in [0.5, 0.6) is 0 Å². The van der Waals surface area contributed by atoms with Crippen LogP contribution in [0.2, 0.25) is 0 Å². The van der Waals surface area contributed by atoms with Crippen molar-refractivity contribution in [1.82, 2.24) is 0 Å². The molecule has 0 saturated carbocycles. The summed E-state index contributed by atoms with van der Waals surface area (Å²) in [5.74, 6) is -1.39. The SMILES string of the molecule is C.N#C[Se]Cc1cccs1.[NH3+]C(CS)C(=O)[O-].[NH3+]C(CS[Se]Cc1cccs1)C(=O)[O-]. The first-order chi connectivity index (χ1) is 14.3. The molecule has 13 heteroatoms. The maximum absolute atomic E-state index is 10.3. The third-order valence-electron chi connectivity index (χ3n) is 2.88. The zero-order valence-electron chi connectivity index (χ0n) is 15.9. The van der Waals surface area contributed by atoms with E-state index in [1.54, 1.807) is 32.9 Å². The van der Waals surface area contributed by atoms with Crippen LogP contribution in [0, 0.1) is 10.2 Å². The number of hydrogen-bond acceptors (Lipinski definition) is 9. The molecule has 31 heavy (non-hydrogen) atoms. The van der Waals surface area contributed by atoms with Crippen LogP contribution in [0.15, 0.2) is 35.0 Å². The molecule has 2 atom stereocenters. The van der Waals surface area contributed by atoms with Gasteiger partial charge in [0.25, 0.3) is 0 Å². The molecule has 0 aliphatic carbocycles. The summed E-state index contributed by atoms with van der Waals surface area (Å²) in [4.78, 5) is 24.9. The van der Waals surface area contributed by atoms with Crippen molar-refractivity contribution in [2.24, 2.45) is 0 Å². The average Bonchev–Trinajstić information content (AvgIpc) is 3.43. The first-order valence-electron chi connectivity index (χ1n) is 8.30. The second-order valence-corrected chi connectivity index (χ2v) is 13.7. The van der Waals surface area contributed by atoms with Crippen molar-refractivity contribution in [2.45, 2.75) is 30.1 Å². The molecule has 7 nitrogen and oxygen atoms in total. The summed E-state index contributed by atoms with van der Waals surface area (Å²) in [6.45, 7) is 0. The van der Waals surface area contributed by atoms with E-state index in [0.717, 1.165) is 10.6 Å². The number of quaternary nitrogens is 2. The van der Waals surface area contributed by atoms with Crippen LogP contribution < -0.4 is 21.7 Å². The van der Waals surface area contributed by atoms with Crippen molar-refractivity contribution < 1.29 is 31.3 Å². The van der Waals surface area contributed by atoms with Crippen molar-refractivity contribution >= 4 is 86.2 Å². The Hall–Kier alpha value is -0.511. The number of nitrogens with zero attached hydrogens (tertiary/aromatic N) is 1. The number of carbonyl (C=O) groups is 2. The Morgan fingerprint density at radius 2 is 1.61 bits per heavy atom. The number of hydrogen-bond donors (Lipinski definition) is 3. The van der Waals surface area contributed by atoms with Crippen LogP contribution in [-0.4, -0.2) is 64.3 Å². The van der Waals surface area contributed by atoms with E-state index in [1.165, 1.54) is 9.75 Å². The van der Waals surface area contributed by atoms with Gasteiger partial charge in [0, 0.05) is 5.75 Å². The van der Waals surface area contributed by atoms with Gasteiger partial charge in [-0.1, -0.05) is 7.43 Å². The number of thiophene rings is 2. The summed E-state index contributed by atoms with van der Waals surface area (Å²) in [5, 5.41) is 34.4. The molecule has 2 heterocycles. The topological polar surface area (TPSA) is 159 Å². The fourth-order valence-electron chi connectivity index (χ4n) is 1.27. The number of carboxylic acid groups (broad SMARTS) is 2. The Labute approximate surface area is 212 Å². The van der Waals surface area contributed by atoms with Crippen LogP contribution in [0.25, 0.3) is 0 Å². The van der Waals surface area contributed by atoms with Crippen LogP contribution in [0.4, 0.5) is 0 Å². The molecular formula is C18H27N3O4S4Se2. The van der Waals surface area contributed by atoms with E-state index in [1.807, 2.05) is 17.5 Å². The quantitative estimate of drug-likeness (QED) is 0.161. The van der Waals surface area contributed by atoms with Gasteiger partial charge in [0.05, 0.1) is 5.97 Å². The minimum absolute atomic E-state index is 0. The van der Waals surface area contributed by atoms with Gasteiger partial charge in [-0.05, 0) is 0 Å². The molecule has 0 aliphatic heterocycles. The first-order valence-corrected chi connectivity index (χ1v) is 17.0. The average molecular weight is 636 g/mol.